The lowest BCUT2D eigenvalue weighted by Crippen LogP contribution is -2.17. The zero-order valence-corrected chi connectivity index (χ0v) is 12.0. The summed E-state index contributed by atoms with van der Waals surface area (Å²) in [6.07, 6.45) is -0.403. The van der Waals surface area contributed by atoms with Crippen molar-refractivity contribution in [2.24, 2.45) is 0 Å². The van der Waals surface area contributed by atoms with Gasteiger partial charge in [-0.05, 0) is 36.8 Å². The number of rotatable bonds is 3. The van der Waals surface area contributed by atoms with Crippen molar-refractivity contribution < 1.29 is 13.6 Å². The van der Waals surface area contributed by atoms with E-state index in [1.807, 2.05) is 0 Å². The Morgan fingerprint density at radius 3 is 2.52 bits per heavy atom. The second-order valence-electron chi connectivity index (χ2n) is 4.61. The lowest BCUT2D eigenvalue weighted by molar-refractivity contribution is -0.115. The van der Waals surface area contributed by atoms with E-state index < -0.39 is 24.0 Å². The quantitative estimate of drug-likeness (QED) is 0.850. The Morgan fingerprint density at radius 2 is 1.90 bits per heavy atom. The van der Waals surface area contributed by atoms with Gasteiger partial charge in [-0.25, -0.2) is 8.78 Å². The number of hydrogen-bond acceptors (Lipinski definition) is 2. The van der Waals surface area contributed by atoms with Gasteiger partial charge in [0.15, 0.2) is 0 Å². The summed E-state index contributed by atoms with van der Waals surface area (Å²) in [4.78, 5) is 11.9. The van der Waals surface area contributed by atoms with Crippen LogP contribution < -0.4 is 11.1 Å². The number of carbonyl (C=O) groups is 1. The standard InChI is InChI=1S/C15H13ClF2N2O/c1-8-5-13(19)10(16)7-14(8)20-15(21)6-9-11(17)3-2-4-12(9)18/h2-5,7H,6,19H2,1H3,(H,20,21). The molecule has 0 fully saturated rings. The number of nitrogen functional groups attached to an aromatic ring is 1. The third-order valence-corrected chi connectivity index (χ3v) is 3.34. The van der Waals surface area contributed by atoms with Gasteiger partial charge in [0, 0.05) is 11.3 Å². The summed E-state index contributed by atoms with van der Waals surface area (Å²) < 4.78 is 27.0. The molecule has 3 N–H and O–H groups in total. The van der Waals surface area contributed by atoms with E-state index in [-0.39, 0.29) is 5.56 Å². The Hall–Kier alpha value is -2.14. The van der Waals surface area contributed by atoms with Crippen LogP contribution in [0.1, 0.15) is 11.1 Å². The lowest BCUT2D eigenvalue weighted by atomic mass is 10.1. The van der Waals surface area contributed by atoms with Crippen LogP contribution in [0.4, 0.5) is 20.2 Å². The van der Waals surface area contributed by atoms with Crippen LogP contribution in [0.3, 0.4) is 0 Å². The van der Waals surface area contributed by atoms with Crippen LogP contribution in [0.25, 0.3) is 0 Å². The first-order valence-corrected chi connectivity index (χ1v) is 6.54. The molecule has 0 saturated heterocycles. The molecule has 0 bridgehead atoms. The van der Waals surface area contributed by atoms with E-state index >= 15 is 0 Å². The van der Waals surface area contributed by atoms with Gasteiger partial charge in [-0.2, -0.15) is 0 Å². The van der Waals surface area contributed by atoms with Gasteiger partial charge in [0.1, 0.15) is 11.6 Å². The SMILES string of the molecule is Cc1cc(N)c(Cl)cc1NC(=O)Cc1c(F)cccc1F. The van der Waals surface area contributed by atoms with E-state index in [2.05, 4.69) is 5.32 Å². The lowest BCUT2D eigenvalue weighted by Gasteiger charge is -2.11. The summed E-state index contributed by atoms with van der Waals surface area (Å²) in [6.45, 7) is 1.74. The molecule has 0 saturated carbocycles. The molecule has 0 atom stereocenters. The van der Waals surface area contributed by atoms with Crippen molar-refractivity contribution in [3.63, 3.8) is 0 Å². The average Bonchev–Trinajstić information content (AvgIpc) is 2.40. The zero-order chi connectivity index (χ0) is 15.6. The van der Waals surface area contributed by atoms with Gasteiger partial charge in [-0.15, -0.1) is 0 Å². The number of nitrogens with one attached hydrogen (secondary N) is 1. The van der Waals surface area contributed by atoms with Gasteiger partial charge in [0.25, 0.3) is 0 Å². The molecule has 0 radical (unpaired) electrons. The summed E-state index contributed by atoms with van der Waals surface area (Å²) in [7, 11) is 0. The largest absolute Gasteiger partial charge is 0.398 e. The first-order chi connectivity index (χ1) is 9.88. The van der Waals surface area contributed by atoms with Crippen LogP contribution in [0.5, 0.6) is 0 Å². The molecular formula is C15H13ClF2N2O. The third-order valence-electron chi connectivity index (χ3n) is 3.02. The molecule has 2 aromatic carbocycles. The molecular weight excluding hydrogens is 298 g/mol. The molecule has 0 unspecified atom stereocenters. The van der Waals surface area contributed by atoms with Gasteiger partial charge in [0.2, 0.25) is 5.91 Å². The number of nitrogens with two attached hydrogens (primary N) is 1. The minimum atomic E-state index is -0.753. The highest BCUT2D eigenvalue weighted by atomic mass is 35.5. The molecule has 2 rings (SSSR count). The minimum Gasteiger partial charge on any atom is -0.398 e. The Morgan fingerprint density at radius 1 is 1.29 bits per heavy atom. The van der Waals surface area contributed by atoms with Gasteiger partial charge < -0.3 is 11.1 Å². The summed E-state index contributed by atoms with van der Waals surface area (Å²) in [5.74, 6) is -2.04. The fourth-order valence-electron chi connectivity index (χ4n) is 1.89. The third kappa shape index (κ3) is 3.49. The summed E-state index contributed by atoms with van der Waals surface area (Å²) in [5.41, 5.74) is 6.93. The Bertz CT molecular complexity index is 684. The topological polar surface area (TPSA) is 55.1 Å². The Labute approximate surface area is 125 Å². The summed E-state index contributed by atoms with van der Waals surface area (Å²) in [6, 6.07) is 6.58. The molecule has 0 spiro atoms. The van der Waals surface area contributed by atoms with Crippen LogP contribution in [0.15, 0.2) is 30.3 Å². The molecule has 6 heteroatoms. The maximum Gasteiger partial charge on any atom is 0.229 e. The van der Waals surface area contributed by atoms with Crippen LogP contribution in [-0.4, -0.2) is 5.91 Å². The number of benzene rings is 2. The maximum atomic E-state index is 13.5. The van der Waals surface area contributed by atoms with Crippen LogP contribution in [-0.2, 0) is 11.2 Å². The normalized spacial score (nSPS) is 10.5. The van der Waals surface area contributed by atoms with Crippen molar-refractivity contribution in [1.82, 2.24) is 0 Å². The second-order valence-corrected chi connectivity index (χ2v) is 5.02. The predicted molar refractivity (Wildman–Crippen MR) is 79.3 cm³/mol. The average molecular weight is 311 g/mol. The van der Waals surface area contributed by atoms with Crippen molar-refractivity contribution in [2.75, 3.05) is 11.1 Å². The Kier molecular flexibility index (Phi) is 4.43. The fourth-order valence-corrected chi connectivity index (χ4v) is 2.06. The number of aryl methyl sites for hydroxylation is 1. The highest BCUT2D eigenvalue weighted by molar-refractivity contribution is 6.33. The van der Waals surface area contributed by atoms with Crippen LogP contribution >= 0.6 is 11.6 Å². The minimum absolute atomic E-state index is 0.269. The van der Waals surface area contributed by atoms with Gasteiger partial charge >= 0.3 is 0 Å². The van der Waals surface area contributed by atoms with Gasteiger partial charge in [-0.3, -0.25) is 4.79 Å². The van der Waals surface area contributed by atoms with Crippen molar-refractivity contribution in [1.29, 1.82) is 0 Å². The fraction of sp³-hybridized carbons (Fsp3) is 0.133. The molecule has 0 aromatic heterocycles. The van der Waals surface area contributed by atoms with Crippen LogP contribution in [0, 0.1) is 18.6 Å². The first kappa shape index (κ1) is 15.3. The predicted octanol–water partition coefficient (Wildman–Crippen LogP) is 3.69. The van der Waals surface area contributed by atoms with Crippen molar-refractivity contribution in [2.45, 2.75) is 13.3 Å². The van der Waals surface area contributed by atoms with Crippen molar-refractivity contribution in [3.05, 3.63) is 58.1 Å². The molecule has 3 nitrogen and oxygen atoms in total. The van der Waals surface area contributed by atoms with Gasteiger partial charge in [-0.1, -0.05) is 17.7 Å². The number of hydrogen-bond donors (Lipinski definition) is 2. The van der Waals surface area contributed by atoms with E-state index in [0.717, 1.165) is 12.1 Å². The van der Waals surface area contributed by atoms with E-state index in [1.165, 1.54) is 12.1 Å². The van der Waals surface area contributed by atoms with Crippen molar-refractivity contribution in [3.8, 4) is 0 Å². The molecule has 0 heterocycles. The highest BCUT2D eigenvalue weighted by Crippen LogP contribution is 2.27. The van der Waals surface area contributed by atoms with E-state index in [0.29, 0.717) is 22.0 Å². The zero-order valence-electron chi connectivity index (χ0n) is 11.2. The Balaban J connectivity index is 2.18. The summed E-state index contributed by atoms with van der Waals surface area (Å²) in [5, 5.41) is 2.87. The summed E-state index contributed by atoms with van der Waals surface area (Å²) >= 11 is 5.88. The number of anilines is 2. The number of halogens is 3. The molecule has 1 amide bonds. The highest BCUT2D eigenvalue weighted by Gasteiger charge is 2.14. The number of amides is 1. The molecule has 2 aromatic rings. The molecule has 110 valence electrons. The van der Waals surface area contributed by atoms with E-state index in [1.54, 1.807) is 13.0 Å². The molecule has 0 aliphatic carbocycles. The monoisotopic (exact) mass is 310 g/mol. The number of carbonyl (C=O) groups excluding carboxylic acids is 1. The van der Waals surface area contributed by atoms with E-state index in [9.17, 15) is 13.6 Å². The first-order valence-electron chi connectivity index (χ1n) is 6.17. The van der Waals surface area contributed by atoms with Crippen LogP contribution in [0.2, 0.25) is 5.02 Å². The smallest absolute Gasteiger partial charge is 0.229 e. The second kappa shape index (κ2) is 6.10. The maximum absolute atomic E-state index is 13.5. The molecule has 0 aliphatic heterocycles. The molecule has 0 aliphatic rings. The molecule has 21 heavy (non-hydrogen) atoms. The van der Waals surface area contributed by atoms with E-state index in [4.69, 9.17) is 17.3 Å². The van der Waals surface area contributed by atoms with Gasteiger partial charge in [0.05, 0.1) is 17.1 Å². The van der Waals surface area contributed by atoms with Crippen molar-refractivity contribution >= 4 is 28.9 Å².